The minimum Gasteiger partial charge on any atom is -0.381 e. The number of nitrogens with zero attached hydrogens (tertiary/aromatic N) is 2. The van der Waals surface area contributed by atoms with Gasteiger partial charge in [-0.3, -0.25) is 0 Å². The van der Waals surface area contributed by atoms with Crippen LogP contribution in [0.4, 0.5) is 0 Å². The summed E-state index contributed by atoms with van der Waals surface area (Å²) in [5.74, 6) is 0.823. The molecule has 1 unspecified atom stereocenters. The van der Waals surface area contributed by atoms with Crippen molar-refractivity contribution in [1.82, 2.24) is 9.21 Å². The molecule has 2 saturated heterocycles. The van der Waals surface area contributed by atoms with Gasteiger partial charge in [0, 0.05) is 39.3 Å². The summed E-state index contributed by atoms with van der Waals surface area (Å²) in [6.07, 6.45) is 1.72. The third-order valence-corrected chi connectivity index (χ3v) is 6.63. The Morgan fingerprint density at radius 3 is 2.48 bits per heavy atom. The Kier molecular flexibility index (Phi) is 5.69. The van der Waals surface area contributed by atoms with Crippen molar-refractivity contribution >= 4 is 10.0 Å². The molecule has 2 heterocycles. The molecule has 1 atom stereocenters. The van der Waals surface area contributed by atoms with Gasteiger partial charge in [-0.25, -0.2) is 8.42 Å². The van der Waals surface area contributed by atoms with E-state index in [0.29, 0.717) is 25.4 Å². The first-order valence-electron chi connectivity index (χ1n) is 8.45. The number of hydrogen-bond donors (Lipinski definition) is 0. The summed E-state index contributed by atoms with van der Waals surface area (Å²) in [4.78, 5) is 2.38. The molecule has 23 heavy (non-hydrogen) atoms. The zero-order chi connectivity index (χ0) is 16.1. The summed E-state index contributed by atoms with van der Waals surface area (Å²) in [6.45, 7) is 5.67. The molecule has 1 aromatic rings. The third kappa shape index (κ3) is 4.76. The molecule has 2 fully saturated rings. The molecule has 6 heteroatoms. The molecule has 0 aliphatic carbocycles. The van der Waals surface area contributed by atoms with Crippen molar-refractivity contribution in [2.75, 3.05) is 51.7 Å². The molecule has 0 spiro atoms. The van der Waals surface area contributed by atoms with Crippen LogP contribution in [0.1, 0.15) is 12.0 Å². The second-order valence-corrected chi connectivity index (χ2v) is 8.57. The van der Waals surface area contributed by atoms with Gasteiger partial charge in [0.25, 0.3) is 0 Å². The van der Waals surface area contributed by atoms with E-state index in [1.54, 1.807) is 4.31 Å². The lowest BCUT2D eigenvalue weighted by Gasteiger charge is -2.35. The lowest BCUT2D eigenvalue weighted by Crippen LogP contribution is -2.50. The van der Waals surface area contributed by atoms with Crippen LogP contribution in [0.2, 0.25) is 0 Å². The van der Waals surface area contributed by atoms with Crippen LogP contribution in [0.25, 0.3) is 0 Å². The number of sulfonamides is 1. The maximum atomic E-state index is 12.5. The van der Waals surface area contributed by atoms with Gasteiger partial charge in [0.05, 0.1) is 12.4 Å². The van der Waals surface area contributed by atoms with Gasteiger partial charge in [-0.05, 0) is 24.3 Å². The highest BCUT2D eigenvalue weighted by Gasteiger charge is 2.28. The summed E-state index contributed by atoms with van der Waals surface area (Å²) >= 11 is 0. The lowest BCUT2D eigenvalue weighted by molar-refractivity contribution is 0.143. The van der Waals surface area contributed by atoms with Crippen molar-refractivity contribution in [3.05, 3.63) is 35.9 Å². The average Bonchev–Trinajstić information content (AvgIpc) is 3.08. The number of rotatable bonds is 6. The maximum Gasteiger partial charge on any atom is 0.214 e. The Morgan fingerprint density at radius 1 is 1.09 bits per heavy atom. The number of ether oxygens (including phenoxy) is 1. The minimum atomic E-state index is -3.15. The van der Waals surface area contributed by atoms with Gasteiger partial charge in [-0.15, -0.1) is 0 Å². The Bertz CT molecular complexity index is 577. The van der Waals surface area contributed by atoms with Gasteiger partial charge in [-0.1, -0.05) is 30.3 Å². The molecule has 0 N–H and O–H groups in total. The Morgan fingerprint density at radius 2 is 1.83 bits per heavy atom. The van der Waals surface area contributed by atoms with E-state index in [-0.39, 0.29) is 5.75 Å². The summed E-state index contributed by atoms with van der Waals surface area (Å²) in [5, 5.41) is 0. The van der Waals surface area contributed by atoms with Crippen molar-refractivity contribution in [3.8, 4) is 0 Å². The fourth-order valence-corrected chi connectivity index (χ4v) is 4.77. The first-order valence-corrected chi connectivity index (χ1v) is 10.1. The summed E-state index contributed by atoms with van der Waals surface area (Å²) in [5.41, 5.74) is 1.08. The van der Waals surface area contributed by atoms with Crippen LogP contribution in [-0.2, 0) is 21.2 Å². The minimum absolute atomic E-state index is 0.202. The van der Waals surface area contributed by atoms with Gasteiger partial charge < -0.3 is 9.64 Å². The van der Waals surface area contributed by atoms with Crippen molar-refractivity contribution in [2.24, 2.45) is 5.92 Å². The molecular weight excluding hydrogens is 312 g/mol. The smallest absolute Gasteiger partial charge is 0.214 e. The molecule has 128 valence electrons. The summed E-state index contributed by atoms with van der Waals surface area (Å²) in [7, 11) is -3.15. The fourth-order valence-electron chi connectivity index (χ4n) is 3.30. The molecule has 5 nitrogen and oxygen atoms in total. The van der Waals surface area contributed by atoms with Crippen LogP contribution >= 0.6 is 0 Å². The topological polar surface area (TPSA) is 49.9 Å². The molecule has 0 radical (unpaired) electrons. The summed E-state index contributed by atoms with van der Waals surface area (Å²) < 4.78 is 32.1. The molecular formula is C17H26N2O3S. The highest BCUT2D eigenvalue weighted by molar-refractivity contribution is 7.89. The van der Waals surface area contributed by atoms with Crippen molar-refractivity contribution in [3.63, 3.8) is 0 Å². The van der Waals surface area contributed by atoms with Gasteiger partial charge in [0.1, 0.15) is 0 Å². The Balaban J connectivity index is 1.46. The van der Waals surface area contributed by atoms with E-state index in [9.17, 15) is 8.42 Å². The maximum absolute atomic E-state index is 12.5. The van der Waals surface area contributed by atoms with Crippen LogP contribution in [-0.4, -0.2) is 69.3 Å². The van der Waals surface area contributed by atoms with E-state index in [1.165, 1.54) is 0 Å². The zero-order valence-corrected chi connectivity index (χ0v) is 14.4. The molecule has 2 aliphatic rings. The largest absolute Gasteiger partial charge is 0.381 e. The van der Waals surface area contributed by atoms with Crippen LogP contribution in [0, 0.1) is 5.92 Å². The molecule has 0 aromatic heterocycles. The van der Waals surface area contributed by atoms with E-state index >= 15 is 0 Å². The standard InChI is InChI=1S/C17H26N2O3S/c20-23(21,13-7-16-4-2-1-3-5-16)19-10-8-18(9-11-19)14-17-6-12-22-15-17/h1-5,17H,6-15H2. The Labute approximate surface area is 139 Å². The number of aryl methyl sites for hydroxylation is 1. The van der Waals surface area contributed by atoms with Crippen LogP contribution < -0.4 is 0 Å². The predicted molar refractivity (Wildman–Crippen MR) is 90.9 cm³/mol. The fraction of sp³-hybridized carbons (Fsp3) is 0.647. The van der Waals surface area contributed by atoms with E-state index in [2.05, 4.69) is 4.90 Å². The number of benzene rings is 1. The van der Waals surface area contributed by atoms with Crippen LogP contribution in [0.3, 0.4) is 0 Å². The normalized spacial score (nSPS) is 24.1. The number of hydrogen-bond acceptors (Lipinski definition) is 4. The zero-order valence-electron chi connectivity index (χ0n) is 13.6. The first kappa shape index (κ1) is 16.9. The summed E-state index contributed by atoms with van der Waals surface area (Å²) in [6, 6.07) is 9.82. The first-order chi connectivity index (χ1) is 11.1. The number of piperazine rings is 1. The Hall–Kier alpha value is -0.950. The van der Waals surface area contributed by atoms with Gasteiger partial charge in [-0.2, -0.15) is 4.31 Å². The van der Waals surface area contributed by atoms with E-state index in [1.807, 2.05) is 30.3 Å². The van der Waals surface area contributed by atoms with Crippen molar-refractivity contribution in [1.29, 1.82) is 0 Å². The molecule has 0 bridgehead atoms. The van der Waals surface area contributed by atoms with Gasteiger partial charge in [0.15, 0.2) is 0 Å². The quantitative estimate of drug-likeness (QED) is 0.782. The third-order valence-electron chi connectivity index (χ3n) is 4.76. The van der Waals surface area contributed by atoms with Crippen molar-refractivity contribution < 1.29 is 13.2 Å². The van der Waals surface area contributed by atoms with Gasteiger partial charge in [0.2, 0.25) is 10.0 Å². The van der Waals surface area contributed by atoms with E-state index in [4.69, 9.17) is 4.74 Å². The molecule has 0 amide bonds. The van der Waals surface area contributed by atoms with E-state index < -0.39 is 10.0 Å². The predicted octanol–water partition coefficient (Wildman–Crippen LogP) is 1.21. The highest BCUT2D eigenvalue weighted by Crippen LogP contribution is 2.16. The monoisotopic (exact) mass is 338 g/mol. The molecule has 0 saturated carbocycles. The second-order valence-electron chi connectivity index (χ2n) is 6.48. The van der Waals surface area contributed by atoms with Crippen molar-refractivity contribution in [2.45, 2.75) is 12.8 Å². The molecule has 1 aromatic carbocycles. The second kappa shape index (κ2) is 7.75. The molecule has 2 aliphatic heterocycles. The highest BCUT2D eigenvalue weighted by atomic mass is 32.2. The van der Waals surface area contributed by atoms with Gasteiger partial charge >= 0.3 is 0 Å². The van der Waals surface area contributed by atoms with Crippen LogP contribution in [0.5, 0.6) is 0 Å². The molecule has 3 rings (SSSR count). The SMILES string of the molecule is O=S(=O)(CCc1ccccc1)N1CCN(CC2CCOC2)CC1. The lowest BCUT2D eigenvalue weighted by atomic mass is 10.1. The van der Waals surface area contributed by atoms with Crippen LogP contribution in [0.15, 0.2) is 30.3 Å². The average molecular weight is 338 g/mol. The van der Waals surface area contributed by atoms with E-state index in [0.717, 1.165) is 44.8 Å².